The Bertz CT molecular complexity index is 1100. The van der Waals surface area contributed by atoms with Gasteiger partial charge in [-0.25, -0.2) is 4.79 Å². The SMILES string of the molecule is COc1cc(C)c2[nH]ccc2c1CN1CC[C@H](OC(F)F)C[C@@H]1c1ccc(C(=O)O)cc1. The normalized spacial score (nSPS) is 19.5. The zero-order valence-electron chi connectivity index (χ0n) is 18.0. The summed E-state index contributed by atoms with van der Waals surface area (Å²) in [5.41, 5.74) is 4.20. The van der Waals surface area contributed by atoms with Crippen molar-refractivity contribution in [3.63, 3.8) is 0 Å². The lowest BCUT2D eigenvalue weighted by molar-refractivity contribution is -0.178. The third-order valence-corrected chi connectivity index (χ3v) is 6.20. The number of hydrogen-bond donors (Lipinski definition) is 2. The summed E-state index contributed by atoms with van der Waals surface area (Å²) in [5.74, 6) is -0.226. The molecule has 1 aliphatic heterocycles. The topological polar surface area (TPSA) is 74.8 Å². The first-order valence-corrected chi connectivity index (χ1v) is 10.5. The number of ether oxygens (including phenoxy) is 2. The molecule has 8 heteroatoms. The van der Waals surface area contributed by atoms with Crippen molar-refractivity contribution in [2.75, 3.05) is 13.7 Å². The number of nitrogens with zero attached hydrogens (tertiary/aromatic N) is 1. The Morgan fingerprint density at radius 1 is 1.28 bits per heavy atom. The van der Waals surface area contributed by atoms with Crippen LogP contribution in [0.3, 0.4) is 0 Å². The summed E-state index contributed by atoms with van der Waals surface area (Å²) in [5, 5.41) is 10.3. The fraction of sp³-hybridized carbons (Fsp3) is 0.375. The van der Waals surface area contributed by atoms with Gasteiger partial charge in [-0.1, -0.05) is 12.1 Å². The van der Waals surface area contributed by atoms with Crippen LogP contribution in [-0.4, -0.2) is 47.3 Å². The number of nitrogens with one attached hydrogen (secondary N) is 1. The molecule has 1 aliphatic rings. The van der Waals surface area contributed by atoms with E-state index in [9.17, 15) is 18.7 Å². The number of rotatable bonds is 7. The van der Waals surface area contributed by atoms with Gasteiger partial charge in [0.25, 0.3) is 0 Å². The molecule has 0 unspecified atom stereocenters. The average molecular weight is 444 g/mol. The van der Waals surface area contributed by atoms with E-state index in [4.69, 9.17) is 9.47 Å². The quantitative estimate of drug-likeness (QED) is 0.529. The highest BCUT2D eigenvalue weighted by Crippen LogP contribution is 2.38. The Kier molecular flexibility index (Phi) is 6.43. The predicted molar refractivity (Wildman–Crippen MR) is 116 cm³/mol. The van der Waals surface area contributed by atoms with Gasteiger partial charge in [0, 0.05) is 41.8 Å². The molecule has 0 radical (unpaired) electrons. The van der Waals surface area contributed by atoms with Gasteiger partial charge < -0.3 is 19.6 Å². The first-order valence-electron chi connectivity index (χ1n) is 10.5. The van der Waals surface area contributed by atoms with Crippen LogP contribution in [0.2, 0.25) is 0 Å². The molecular formula is C24H26F2N2O4. The third-order valence-electron chi connectivity index (χ3n) is 6.20. The number of piperidine rings is 1. The number of methoxy groups -OCH3 is 1. The predicted octanol–water partition coefficient (Wildman–Crippen LogP) is 5.13. The fourth-order valence-electron chi connectivity index (χ4n) is 4.62. The maximum absolute atomic E-state index is 12.9. The third kappa shape index (κ3) is 4.47. The molecule has 0 saturated carbocycles. The number of fused-ring (bicyclic) bond motifs is 1. The number of aryl methyl sites for hydroxylation is 1. The Hall–Kier alpha value is -2.97. The molecule has 4 rings (SSSR count). The molecule has 2 atom stereocenters. The molecular weight excluding hydrogens is 418 g/mol. The van der Waals surface area contributed by atoms with E-state index in [0.717, 1.165) is 33.3 Å². The number of halogens is 2. The number of aromatic nitrogens is 1. The van der Waals surface area contributed by atoms with E-state index in [0.29, 0.717) is 25.9 Å². The maximum atomic E-state index is 12.9. The second-order valence-corrected chi connectivity index (χ2v) is 8.10. The Labute approximate surface area is 184 Å². The summed E-state index contributed by atoms with van der Waals surface area (Å²) < 4.78 is 36.3. The molecule has 0 spiro atoms. The van der Waals surface area contributed by atoms with E-state index in [1.165, 1.54) is 0 Å². The van der Waals surface area contributed by atoms with Crippen LogP contribution in [0.4, 0.5) is 8.78 Å². The molecule has 2 heterocycles. The van der Waals surface area contributed by atoms with E-state index < -0.39 is 18.7 Å². The van der Waals surface area contributed by atoms with Crippen molar-refractivity contribution < 1.29 is 28.2 Å². The van der Waals surface area contributed by atoms with Crippen molar-refractivity contribution in [1.29, 1.82) is 0 Å². The molecule has 0 bridgehead atoms. The second-order valence-electron chi connectivity index (χ2n) is 8.10. The number of carboxylic acids is 1. The highest BCUT2D eigenvalue weighted by Gasteiger charge is 2.32. The number of hydrogen-bond acceptors (Lipinski definition) is 4. The van der Waals surface area contributed by atoms with Crippen LogP contribution < -0.4 is 4.74 Å². The van der Waals surface area contributed by atoms with Gasteiger partial charge in [0.1, 0.15) is 5.75 Å². The summed E-state index contributed by atoms with van der Waals surface area (Å²) in [6.07, 6.45) is 2.20. The van der Waals surface area contributed by atoms with E-state index in [-0.39, 0.29) is 11.6 Å². The molecule has 6 nitrogen and oxygen atoms in total. The molecule has 2 aromatic carbocycles. The molecule has 1 fully saturated rings. The fourth-order valence-corrected chi connectivity index (χ4v) is 4.62. The minimum Gasteiger partial charge on any atom is -0.496 e. The van der Waals surface area contributed by atoms with Gasteiger partial charge in [-0.3, -0.25) is 4.90 Å². The van der Waals surface area contributed by atoms with E-state index in [1.807, 2.05) is 25.3 Å². The Morgan fingerprint density at radius 2 is 2.03 bits per heavy atom. The highest BCUT2D eigenvalue weighted by atomic mass is 19.3. The van der Waals surface area contributed by atoms with Crippen LogP contribution in [-0.2, 0) is 11.3 Å². The maximum Gasteiger partial charge on any atom is 0.345 e. The van der Waals surface area contributed by atoms with Gasteiger partial charge in [0.05, 0.1) is 18.8 Å². The zero-order valence-corrected chi connectivity index (χ0v) is 18.0. The van der Waals surface area contributed by atoms with Gasteiger partial charge in [-0.05, 0) is 55.2 Å². The van der Waals surface area contributed by atoms with Crippen molar-refractivity contribution in [2.24, 2.45) is 0 Å². The number of aromatic carboxylic acids is 1. The zero-order chi connectivity index (χ0) is 22.8. The van der Waals surface area contributed by atoms with Crippen LogP contribution in [0, 0.1) is 6.92 Å². The van der Waals surface area contributed by atoms with E-state index in [1.54, 1.807) is 31.4 Å². The molecule has 170 valence electrons. The number of benzene rings is 2. The summed E-state index contributed by atoms with van der Waals surface area (Å²) in [7, 11) is 1.64. The standard InChI is InChI=1S/C24H26F2N2O4/c1-14-11-21(31-2)19(18-7-9-27-22(14)18)13-28-10-8-17(32-24(25)26)12-20(28)15-3-5-16(6-4-15)23(29)30/h3-7,9,11,17,20,24,27H,8,10,12-13H2,1-2H3,(H,29,30)/t17-,20+/m0/s1. The lowest BCUT2D eigenvalue weighted by Crippen LogP contribution is -2.40. The molecule has 2 N–H and O–H groups in total. The monoisotopic (exact) mass is 444 g/mol. The first-order chi connectivity index (χ1) is 15.4. The van der Waals surface area contributed by atoms with Gasteiger partial charge in [0.15, 0.2) is 0 Å². The number of likely N-dealkylation sites (tertiary alicyclic amines) is 1. The Balaban J connectivity index is 1.68. The van der Waals surface area contributed by atoms with Crippen LogP contribution >= 0.6 is 0 Å². The van der Waals surface area contributed by atoms with Crippen molar-refractivity contribution in [3.8, 4) is 5.75 Å². The van der Waals surface area contributed by atoms with Gasteiger partial charge in [0.2, 0.25) is 0 Å². The lowest BCUT2D eigenvalue weighted by atomic mass is 9.91. The van der Waals surface area contributed by atoms with Gasteiger partial charge in [-0.2, -0.15) is 8.78 Å². The van der Waals surface area contributed by atoms with Crippen molar-refractivity contribution in [2.45, 2.75) is 45.1 Å². The Morgan fingerprint density at radius 3 is 2.69 bits per heavy atom. The first kappa shape index (κ1) is 22.2. The highest BCUT2D eigenvalue weighted by molar-refractivity contribution is 5.88. The molecule has 0 amide bonds. The van der Waals surface area contributed by atoms with Crippen LogP contribution in [0.1, 0.15) is 45.9 Å². The van der Waals surface area contributed by atoms with Crippen LogP contribution in [0.15, 0.2) is 42.6 Å². The minimum atomic E-state index is -2.82. The number of aromatic amines is 1. The lowest BCUT2D eigenvalue weighted by Gasteiger charge is -2.40. The number of alkyl halides is 2. The van der Waals surface area contributed by atoms with Gasteiger partial charge in [-0.15, -0.1) is 0 Å². The van der Waals surface area contributed by atoms with E-state index >= 15 is 0 Å². The summed E-state index contributed by atoms with van der Waals surface area (Å²) in [4.78, 5) is 16.7. The second kappa shape index (κ2) is 9.26. The summed E-state index contributed by atoms with van der Waals surface area (Å²) >= 11 is 0. The molecule has 0 aliphatic carbocycles. The van der Waals surface area contributed by atoms with Crippen molar-refractivity contribution in [1.82, 2.24) is 9.88 Å². The van der Waals surface area contributed by atoms with Crippen LogP contribution in [0.5, 0.6) is 5.75 Å². The summed E-state index contributed by atoms with van der Waals surface area (Å²) in [6.45, 7) is 0.319. The molecule has 1 saturated heterocycles. The minimum absolute atomic E-state index is 0.186. The van der Waals surface area contributed by atoms with E-state index in [2.05, 4.69) is 9.88 Å². The molecule has 32 heavy (non-hydrogen) atoms. The van der Waals surface area contributed by atoms with Crippen molar-refractivity contribution >= 4 is 16.9 Å². The van der Waals surface area contributed by atoms with Gasteiger partial charge >= 0.3 is 12.6 Å². The molecule has 1 aromatic heterocycles. The smallest absolute Gasteiger partial charge is 0.345 e. The van der Waals surface area contributed by atoms with Crippen molar-refractivity contribution in [3.05, 3.63) is 64.8 Å². The number of carboxylic acid groups (broad SMARTS) is 1. The number of carbonyl (C=O) groups is 1. The molecule has 3 aromatic rings. The van der Waals surface area contributed by atoms with Crippen LogP contribution in [0.25, 0.3) is 10.9 Å². The largest absolute Gasteiger partial charge is 0.496 e. The number of H-pyrrole nitrogens is 1. The average Bonchev–Trinajstić information content (AvgIpc) is 3.27. The summed E-state index contributed by atoms with van der Waals surface area (Å²) in [6, 6.07) is 10.4.